The van der Waals surface area contributed by atoms with E-state index in [-0.39, 0.29) is 0 Å². The summed E-state index contributed by atoms with van der Waals surface area (Å²) in [4.78, 5) is 11.0. The molecule has 0 saturated heterocycles. The number of carbonyl (C=O) groups is 1. The molecule has 16 heavy (non-hydrogen) atoms. The maximum Gasteiger partial charge on any atom is 0.339 e. The molecule has 1 aromatic heterocycles. The first-order valence-corrected chi connectivity index (χ1v) is 5.66. The number of carboxylic acids is 1. The van der Waals surface area contributed by atoms with Crippen LogP contribution in [0.3, 0.4) is 0 Å². The van der Waals surface area contributed by atoms with E-state index < -0.39 is 5.97 Å². The quantitative estimate of drug-likeness (QED) is 0.803. The van der Waals surface area contributed by atoms with Gasteiger partial charge in [0.25, 0.3) is 0 Å². The first-order valence-electron chi connectivity index (χ1n) is 5.66. The van der Waals surface area contributed by atoms with E-state index in [4.69, 9.17) is 5.11 Å². The Hall–Kier alpha value is -1.36. The predicted molar refractivity (Wildman–Crippen MR) is 59.3 cm³/mol. The zero-order valence-corrected chi connectivity index (χ0v) is 9.44. The summed E-state index contributed by atoms with van der Waals surface area (Å²) in [7, 11) is 1.78. The summed E-state index contributed by atoms with van der Waals surface area (Å²) in [6.45, 7) is 0.586. The van der Waals surface area contributed by atoms with Crippen LogP contribution in [0.15, 0.2) is 6.20 Å². The van der Waals surface area contributed by atoms with Crippen molar-refractivity contribution in [3.05, 3.63) is 17.5 Å². The summed E-state index contributed by atoms with van der Waals surface area (Å²) in [6, 6.07) is 0.538. The predicted octanol–water partition coefficient (Wildman–Crippen LogP) is 1.15. The van der Waals surface area contributed by atoms with Gasteiger partial charge in [0.2, 0.25) is 0 Å². The Morgan fingerprint density at radius 2 is 2.31 bits per heavy atom. The standard InChI is InChI=1S/C11H17N3O2/c1-14-10(9(6-13-14)11(15)16)7-12-8-4-2-3-5-8/h6,8,12H,2-5,7H2,1H3,(H,15,16). The molecule has 0 bridgehead atoms. The van der Waals surface area contributed by atoms with Gasteiger partial charge in [-0.25, -0.2) is 4.79 Å². The van der Waals surface area contributed by atoms with Gasteiger partial charge in [-0.2, -0.15) is 5.10 Å². The van der Waals surface area contributed by atoms with Crippen molar-refractivity contribution >= 4 is 5.97 Å². The first-order chi connectivity index (χ1) is 7.68. The lowest BCUT2D eigenvalue weighted by molar-refractivity contribution is 0.0695. The first kappa shape index (κ1) is 11.1. The van der Waals surface area contributed by atoms with Crippen molar-refractivity contribution in [2.75, 3.05) is 0 Å². The summed E-state index contributed by atoms with van der Waals surface area (Å²) < 4.78 is 1.63. The second-order valence-electron chi connectivity index (χ2n) is 4.30. The fraction of sp³-hybridized carbons (Fsp3) is 0.636. The molecule has 0 atom stereocenters. The molecule has 1 aliphatic rings. The van der Waals surface area contributed by atoms with Crippen LogP contribution < -0.4 is 5.32 Å². The van der Waals surface area contributed by atoms with E-state index in [1.165, 1.54) is 31.9 Å². The van der Waals surface area contributed by atoms with Gasteiger partial charge in [0.15, 0.2) is 0 Å². The van der Waals surface area contributed by atoms with E-state index in [0.717, 1.165) is 5.69 Å². The van der Waals surface area contributed by atoms with Crippen molar-refractivity contribution in [1.29, 1.82) is 0 Å². The molecule has 1 heterocycles. The minimum absolute atomic E-state index is 0.299. The normalized spacial score (nSPS) is 16.8. The monoisotopic (exact) mass is 223 g/mol. The summed E-state index contributed by atoms with van der Waals surface area (Å²) in [5.74, 6) is -0.906. The Balaban J connectivity index is 2.02. The van der Waals surface area contributed by atoms with Gasteiger partial charge < -0.3 is 10.4 Å². The van der Waals surface area contributed by atoms with Crippen molar-refractivity contribution in [3.63, 3.8) is 0 Å². The molecule has 0 aromatic carbocycles. The second-order valence-corrected chi connectivity index (χ2v) is 4.30. The molecule has 0 spiro atoms. The molecule has 1 aliphatic carbocycles. The SMILES string of the molecule is Cn1ncc(C(=O)O)c1CNC1CCCC1. The van der Waals surface area contributed by atoms with Crippen molar-refractivity contribution in [1.82, 2.24) is 15.1 Å². The van der Waals surface area contributed by atoms with Crippen LogP contribution in [-0.2, 0) is 13.6 Å². The highest BCUT2D eigenvalue weighted by molar-refractivity contribution is 5.88. The third kappa shape index (κ3) is 2.24. The van der Waals surface area contributed by atoms with Gasteiger partial charge in [0.1, 0.15) is 5.56 Å². The number of hydrogen-bond donors (Lipinski definition) is 2. The number of aromatic nitrogens is 2. The zero-order valence-electron chi connectivity index (χ0n) is 9.44. The average molecular weight is 223 g/mol. The third-order valence-corrected chi connectivity index (χ3v) is 3.21. The number of nitrogens with one attached hydrogen (secondary N) is 1. The Morgan fingerprint density at radius 3 is 2.94 bits per heavy atom. The lowest BCUT2D eigenvalue weighted by Gasteiger charge is -2.12. The van der Waals surface area contributed by atoms with Crippen LogP contribution in [0.25, 0.3) is 0 Å². The molecule has 5 nitrogen and oxygen atoms in total. The fourth-order valence-electron chi connectivity index (χ4n) is 2.22. The molecule has 0 amide bonds. The van der Waals surface area contributed by atoms with E-state index in [1.54, 1.807) is 11.7 Å². The van der Waals surface area contributed by atoms with E-state index in [1.807, 2.05) is 0 Å². The van der Waals surface area contributed by atoms with Gasteiger partial charge in [-0.05, 0) is 12.8 Å². The second kappa shape index (κ2) is 4.65. The molecular weight excluding hydrogens is 206 g/mol. The Labute approximate surface area is 94.5 Å². The van der Waals surface area contributed by atoms with Crippen LogP contribution in [0, 0.1) is 0 Å². The van der Waals surface area contributed by atoms with Crippen LogP contribution in [0.2, 0.25) is 0 Å². The maximum absolute atomic E-state index is 11.0. The zero-order chi connectivity index (χ0) is 11.5. The highest BCUT2D eigenvalue weighted by Gasteiger charge is 2.18. The number of nitrogens with zero attached hydrogens (tertiary/aromatic N) is 2. The smallest absolute Gasteiger partial charge is 0.339 e. The number of aromatic carboxylic acids is 1. The van der Waals surface area contributed by atoms with E-state index >= 15 is 0 Å². The molecule has 1 fully saturated rings. The Kier molecular flexibility index (Phi) is 3.24. The molecule has 2 N–H and O–H groups in total. The van der Waals surface area contributed by atoms with Gasteiger partial charge >= 0.3 is 5.97 Å². The summed E-state index contributed by atoms with van der Waals surface area (Å²) in [6.07, 6.45) is 6.35. The van der Waals surface area contributed by atoms with E-state index in [2.05, 4.69) is 10.4 Å². The van der Waals surface area contributed by atoms with Crippen molar-refractivity contribution < 1.29 is 9.90 Å². The molecule has 0 unspecified atom stereocenters. The van der Waals surface area contributed by atoms with Crippen molar-refractivity contribution in [3.8, 4) is 0 Å². The van der Waals surface area contributed by atoms with Crippen LogP contribution in [0.4, 0.5) is 0 Å². The summed E-state index contributed by atoms with van der Waals surface area (Å²) in [5.41, 5.74) is 1.05. The lowest BCUT2D eigenvalue weighted by Crippen LogP contribution is -2.27. The summed E-state index contributed by atoms with van der Waals surface area (Å²) >= 11 is 0. The van der Waals surface area contributed by atoms with E-state index in [9.17, 15) is 4.79 Å². The van der Waals surface area contributed by atoms with Crippen LogP contribution in [-0.4, -0.2) is 26.9 Å². The molecule has 0 aliphatic heterocycles. The molecular formula is C11H17N3O2. The largest absolute Gasteiger partial charge is 0.478 e. The molecule has 1 aromatic rings. The van der Waals surface area contributed by atoms with Gasteiger partial charge in [-0.15, -0.1) is 0 Å². The number of aryl methyl sites for hydroxylation is 1. The Bertz CT molecular complexity index is 381. The van der Waals surface area contributed by atoms with Gasteiger partial charge in [-0.3, -0.25) is 4.68 Å². The van der Waals surface area contributed by atoms with Gasteiger partial charge in [0.05, 0.1) is 11.9 Å². The van der Waals surface area contributed by atoms with Gasteiger partial charge in [0, 0.05) is 19.6 Å². The molecule has 1 saturated carbocycles. The molecule has 5 heteroatoms. The third-order valence-electron chi connectivity index (χ3n) is 3.21. The fourth-order valence-corrected chi connectivity index (χ4v) is 2.22. The van der Waals surface area contributed by atoms with Crippen molar-refractivity contribution in [2.45, 2.75) is 38.3 Å². The summed E-state index contributed by atoms with van der Waals surface area (Å²) in [5, 5.41) is 16.4. The highest BCUT2D eigenvalue weighted by Crippen LogP contribution is 2.18. The highest BCUT2D eigenvalue weighted by atomic mass is 16.4. The molecule has 88 valence electrons. The average Bonchev–Trinajstić information content (AvgIpc) is 2.84. The molecule has 0 radical (unpaired) electrons. The Morgan fingerprint density at radius 1 is 1.62 bits per heavy atom. The maximum atomic E-state index is 11.0. The van der Waals surface area contributed by atoms with Crippen LogP contribution in [0.1, 0.15) is 41.7 Å². The topological polar surface area (TPSA) is 67.2 Å². The minimum Gasteiger partial charge on any atom is -0.478 e. The number of hydrogen-bond acceptors (Lipinski definition) is 3. The van der Waals surface area contributed by atoms with Crippen LogP contribution >= 0.6 is 0 Å². The number of carboxylic acid groups (broad SMARTS) is 1. The van der Waals surface area contributed by atoms with Crippen LogP contribution in [0.5, 0.6) is 0 Å². The van der Waals surface area contributed by atoms with Crippen molar-refractivity contribution in [2.24, 2.45) is 7.05 Å². The lowest BCUT2D eigenvalue weighted by atomic mass is 10.2. The van der Waals surface area contributed by atoms with Gasteiger partial charge in [-0.1, -0.05) is 12.8 Å². The van der Waals surface area contributed by atoms with E-state index in [0.29, 0.717) is 18.2 Å². The number of rotatable bonds is 4. The minimum atomic E-state index is -0.906. The molecule has 2 rings (SSSR count).